The number of aliphatic hydroxyl groups is 2. The summed E-state index contributed by atoms with van der Waals surface area (Å²) in [4.78, 5) is 11.6. The van der Waals surface area contributed by atoms with Gasteiger partial charge in [0.1, 0.15) is 4.21 Å². The van der Waals surface area contributed by atoms with E-state index in [1.165, 1.54) is 13.1 Å². The molecule has 0 aliphatic rings. The number of carbonyl (C=O) groups is 1. The number of rotatable bonds is 7. The molecule has 0 atom stereocenters. The molecule has 19 heavy (non-hydrogen) atoms. The minimum absolute atomic E-state index is 0.156. The number of aliphatic hydroxyl groups excluding tert-OH is 2. The molecule has 108 valence electrons. The van der Waals surface area contributed by atoms with Crippen molar-refractivity contribution in [2.75, 3.05) is 26.8 Å². The Labute approximate surface area is 115 Å². The summed E-state index contributed by atoms with van der Waals surface area (Å²) < 4.78 is 25.1. The SMILES string of the molecule is CN(CC(=O)NC(CO)CO)S(=O)(=O)c1cccs1. The maximum Gasteiger partial charge on any atom is 0.252 e. The summed E-state index contributed by atoms with van der Waals surface area (Å²) in [6, 6.07) is 2.28. The Morgan fingerprint density at radius 1 is 1.47 bits per heavy atom. The fourth-order valence-electron chi connectivity index (χ4n) is 1.27. The van der Waals surface area contributed by atoms with E-state index in [4.69, 9.17) is 10.2 Å². The van der Waals surface area contributed by atoms with Gasteiger partial charge in [0.2, 0.25) is 5.91 Å². The Kier molecular flexibility index (Phi) is 5.88. The average Bonchev–Trinajstić information content (AvgIpc) is 2.90. The van der Waals surface area contributed by atoms with Crippen LogP contribution < -0.4 is 5.32 Å². The van der Waals surface area contributed by atoms with Crippen LogP contribution in [0, 0.1) is 0 Å². The van der Waals surface area contributed by atoms with Crippen LogP contribution in [0.3, 0.4) is 0 Å². The van der Waals surface area contributed by atoms with Crippen LogP contribution in [0.4, 0.5) is 0 Å². The molecule has 1 aromatic heterocycles. The van der Waals surface area contributed by atoms with Crippen molar-refractivity contribution in [1.29, 1.82) is 0 Å². The van der Waals surface area contributed by atoms with E-state index in [9.17, 15) is 13.2 Å². The number of nitrogens with one attached hydrogen (secondary N) is 1. The number of likely N-dealkylation sites (N-methyl/N-ethyl adjacent to an activating group) is 1. The van der Waals surface area contributed by atoms with Gasteiger partial charge in [0.15, 0.2) is 0 Å². The second-order valence-corrected chi connectivity index (χ2v) is 7.04. The fourth-order valence-corrected chi connectivity index (χ4v) is 3.60. The van der Waals surface area contributed by atoms with Crippen LogP contribution in [0.5, 0.6) is 0 Å². The lowest BCUT2D eigenvalue weighted by atomic mass is 10.3. The number of amides is 1. The van der Waals surface area contributed by atoms with Crippen LogP contribution in [-0.2, 0) is 14.8 Å². The summed E-state index contributed by atoms with van der Waals surface area (Å²) in [6.07, 6.45) is 0. The molecule has 0 aromatic carbocycles. The summed E-state index contributed by atoms with van der Waals surface area (Å²) in [5.74, 6) is -0.587. The third-order valence-electron chi connectivity index (χ3n) is 2.33. The van der Waals surface area contributed by atoms with E-state index in [0.29, 0.717) is 0 Å². The van der Waals surface area contributed by atoms with E-state index in [1.807, 2.05) is 0 Å². The van der Waals surface area contributed by atoms with E-state index in [0.717, 1.165) is 15.6 Å². The van der Waals surface area contributed by atoms with Gasteiger partial charge in [-0.2, -0.15) is 4.31 Å². The fraction of sp³-hybridized carbons (Fsp3) is 0.500. The molecule has 1 aromatic rings. The second kappa shape index (κ2) is 6.96. The van der Waals surface area contributed by atoms with Gasteiger partial charge >= 0.3 is 0 Å². The monoisotopic (exact) mass is 308 g/mol. The lowest BCUT2D eigenvalue weighted by molar-refractivity contribution is -0.122. The Balaban J connectivity index is 2.65. The second-order valence-electron chi connectivity index (χ2n) is 3.82. The Bertz CT molecular complexity index is 496. The van der Waals surface area contributed by atoms with E-state index in [1.54, 1.807) is 11.4 Å². The lowest BCUT2D eigenvalue weighted by Gasteiger charge is -2.18. The molecule has 0 radical (unpaired) electrons. The third-order valence-corrected chi connectivity index (χ3v) is 5.51. The van der Waals surface area contributed by atoms with Gasteiger partial charge in [-0.25, -0.2) is 8.42 Å². The van der Waals surface area contributed by atoms with Crippen molar-refractivity contribution >= 4 is 27.3 Å². The molecule has 0 bridgehead atoms. The van der Waals surface area contributed by atoms with Crippen molar-refractivity contribution < 1.29 is 23.4 Å². The smallest absolute Gasteiger partial charge is 0.252 e. The maximum atomic E-state index is 12.0. The Morgan fingerprint density at radius 3 is 2.58 bits per heavy atom. The van der Waals surface area contributed by atoms with Crippen molar-refractivity contribution in [2.45, 2.75) is 10.3 Å². The number of thiophene rings is 1. The van der Waals surface area contributed by atoms with Crippen molar-refractivity contribution in [2.24, 2.45) is 0 Å². The topological polar surface area (TPSA) is 107 Å². The predicted molar refractivity (Wildman–Crippen MR) is 70.2 cm³/mol. The van der Waals surface area contributed by atoms with Gasteiger partial charge in [0, 0.05) is 7.05 Å². The zero-order chi connectivity index (χ0) is 14.5. The van der Waals surface area contributed by atoms with Crippen molar-refractivity contribution in [3.8, 4) is 0 Å². The first-order chi connectivity index (χ1) is 8.91. The molecule has 9 heteroatoms. The molecule has 1 rings (SSSR count). The number of hydrogen-bond acceptors (Lipinski definition) is 6. The lowest BCUT2D eigenvalue weighted by Crippen LogP contribution is -2.45. The molecule has 1 heterocycles. The van der Waals surface area contributed by atoms with E-state index < -0.39 is 35.2 Å². The molecule has 0 aliphatic heterocycles. The summed E-state index contributed by atoms with van der Waals surface area (Å²) in [5.41, 5.74) is 0. The molecule has 1 amide bonds. The highest BCUT2D eigenvalue weighted by molar-refractivity contribution is 7.91. The Morgan fingerprint density at radius 2 is 2.11 bits per heavy atom. The van der Waals surface area contributed by atoms with Gasteiger partial charge in [-0.15, -0.1) is 11.3 Å². The van der Waals surface area contributed by atoms with E-state index in [2.05, 4.69) is 5.32 Å². The highest BCUT2D eigenvalue weighted by Crippen LogP contribution is 2.19. The zero-order valence-electron chi connectivity index (χ0n) is 10.3. The van der Waals surface area contributed by atoms with Gasteiger partial charge in [0.05, 0.1) is 25.8 Å². The summed E-state index contributed by atoms with van der Waals surface area (Å²) in [7, 11) is -2.38. The first kappa shape index (κ1) is 16.1. The predicted octanol–water partition coefficient (Wildman–Crippen LogP) is -1.16. The van der Waals surface area contributed by atoms with Crippen LogP contribution in [-0.4, -0.2) is 61.7 Å². The third kappa shape index (κ3) is 4.25. The van der Waals surface area contributed by atoms with Gasteiger partial charge < -0.3 is 15.5 Å². The van der Waals surface area contributed by atoms with Gasteiger partial charge in [-0.05, 0) is 11.4 Å². The molecule has 0 saturated carbocycles. The van der Waals surface area contributed by atoms with Crippen molar-refractivity contribution in [3.05, 3.63) is 17.5 Å². The molecule has 3 N–H and O–H groups in total. The largest absolute Gasteiger partial charge is 0.394 e. The van der Waals surface area contributed by atoms with E-state index in [-0.39, 0.29) is 10.8 Å². The summed E-state index contributed by atoms with van der Waals surface area (Å²) in [6.45, 7) is -1.20. The molecule has 0 spiro atoms. The van der Waals surface area contributed by atoms with Crippen LogP contribution in [0.2, 0.25) is 0 Å². The molecule has 0 fully saturated rings. The Hall–Kier alpha value is -1.00. The quantitative estimate of drug-likeness (QED) is 0.589. The van der Waals surface area contributed by atoms with E-state index >= 15 is 0 Å². The van der Waals surface area contributed by atoms with Crippen molar-refractivity contribution in [3.63, 3.8) is 0 Å². The minimum atomic E-state index is -3.67. The van der Waals surface area contributed by atoms with Gasteiger partial charge in [-0.1, -0.05) is 6.07 Å². The highest BCUT2D eigenvalue weighted by Gasteiger charge is 2.24. The molecule has 0 aliphatic carbocycles. The summed E-state index contributed by atoms with van der Waals surface area (Å²) >= 11 is 1.07. The molecule has 7 nitrogen and oxygen atoms in total. The summed E-state index contributed by atoms with van der Waals surface area (Å²) in [5, 5.41) is 21.6. The van der Waals surface area contributed by atoms with Crippen LogP contribution >= 0.6 is 11.3 Å². The standard InChI is InChI=1S/C10H16N2O5S2/c1-12(5-9(15)11-8(6-13)7-14)19(16,17)10-3-2-4-18-10/h2-4,8,13-14H,5-7H2,1H3,(H,11,15). The van der Waals surface area contributed by atoms with Crippen LogP contribution in [0.25, 0.3) is 0 Å². The first-order valence-electron chi connectivity index (χ1n) is 5.42. The van der Waals surface area contributed by atoms with Crippen LogP contribution in [0.15, 0.2) is 21.7 Å². The van der Waals surface area contributed by atoms with Crippen LogP contribution in [0.1, 0.15) is 0 Å². The number of sulfonamides is 1. The van der Waals surface area contributed by atoms with Gasteiger partial charge in [-0.3, -0.25) is 4.79 Å². The highest BCUT2D eigenvalue weighted by atomic mass is 32.2. The average molecular weight is 308 g/mol. The molecular weight excluding hydrogens is 292 g/mol. The maximum absolute atomic E-state index is 12.0. The molecule has 0 unspecified atom stereocenters. The number of nitrogens with zero attached hydrogens (tertiary/aromatic N) is 1. The zero-order valence-corrected chi connectivity index (χ0v) is 11.9. The van der Waals surface area contributed by atoms with Gasteiger partial charge in [0.25, 0.3) is 10.0 Å². The number of hydrogen-bond donors (Lipinski definition) is 3. The molecule has 0 saturated heterocycles. The molecular formula is C10H16N2O5S2. The van der Waals surface area contributed by atoms with Crippen molar-refractivity contribution in [1.82, 2.24) is 9.62 Å². The minimum Gasteiger partial charge on any atom is -0.394 e. The number of carbonyl (C=O) groups excluding carboxylic acids is 1. The first-order valence-corrected chi connectivity index (χ1v) is 7.74. The normalized spacial score (nSPS) is 12.1.